The summed E-state index contributed by atoms with van der Waals surface area (Å²) in [5.41, 5.74) is 5.62. The van der Waals surface area contributed by atoms with Crippen molar-refractivity contribution >= 4 is 0 Å². The second kappa shape index (κ2) is 17.9. The van der Waals surface area contributed by atoms with Crippen molar-refractivity contribution in [1.82, 2.24) is 0 Å². The van der Waals surface area contributed by atoms with Gasteiger partial charge in [0.2, 0.25) is 0 Å². The molecule has 3 nitrogen and oxygen atoms in total. The van der Waals surface area contributed by atoms with Crippen molar-refractivity contribution in [3.05, 3.63) is 88.0 Å². The number of benzene rings is 3. The molecule has 4 heteroatoms. The zero-order valence-corrected chi connectivity index (χ0v) is 30.6. The molecule has 0 aliphatic heterocycles. The van der Waals surface area contributed by atoms with E-state index in [2.05, 4.69) is 83.1 Å². The van der Waals surface area contributed by atoms with Crippen molar-refractivity contribution in [2.45, 2.75) is 119 Å². The van der Waals surface area contributed by atoms with Gasteiger partial charge in [-0.3, -0.25) is 0 Å². The summed E-state index contributed by atoms with van der Waals surface area (Å²) in [4.78, 5) is 0. The van der Waals surface area contributed by atoms with Gasteiger partial charge in [0.25, 0.3) is 0 Å². The molecule has 0 amide bonds. The van der Waals surface area contributed by atoms with Crippen LogP contribution in [-0.4, -0.2) is 0 Å². The number of para-hydroxylation sites is 3. The molecule has 0 aliphatic carbocycles. The molecule has 0 unspecified atom stereocenters. The van der Waals surface area contributed by atoms with Crippen molar-refractivity contribution in [3.8, 4) is 17.2 Å². The fourth-order valence-electron chi connectivity index (χ4n) is 4.45. The van der Waals surface area contributed by atoms with E-state index in [0.717, 1.165) is 33.4 Å². The Morgan fingerprint density at radius 1 is 0.325 bits per heavy atom. The summed E-state index contributed by atoms with van der Waals surface area (Å²) in [5, 5.41) is 35.6. The number of hydrogen-bond acceptors (Lipinski definition) is 3. The molecular weight excluding hydrogens is 619 g/mol. The molecule has 0 saturated heterocycles. The van der Waals surface area contributed by atoms with Crippen LogP contribution in [-0.2, 0) is 0 Å². The minimum absolute atomic E-state index is 0. The van der Waals surface area contributed by atoms with Gasteiger partial charge >= 0.3 is 35.6 Å². The van der Waals surface area contributed by atoms with Crippen LogP contribution in [0.1, 0.15) is 152 Å². The van der Waals surface area contributed by atoms with Crippen LogP contribution >= 0.6 is 0 Å². The summed E-state index contributed by atoms with van der Waals surface area (Å²) in [5.74, 6) is 2.64. The summed E-state index contributed by atoms with van der Waals surface area (Å²) in [6.07, 6.45) is 0. The van der Waals surface area contributed by atoms with E-state index in [1.54, 1.807) is 0 Å². The van der Waals surface area contributed by atoms with Gasteiger partial charge in [0, 0.05) is 0 Å². The molecule has 0 heterocycles. The quantitative estimate of drug-likeness (QED) is 0.263. The third-order valence-corrected chi connectivity index (χ3v) is 6.96. The van der Waals surface area contributed by atoms with E-state index in [9.17, 15) is 15.3 Å². The monoisotopic (exact) mass is 670 g/mol. The second-order valence-corrected chi connectivity index (χ2v) is 12.2. The van der Waals surface area contributed by atoms with Crippen LogP contribution in [0.3, 0.4) is 0 Å². The van der Waals surface area contributed by atoms with E-state index in [4.69, 9.17) is 0 Å². The molecule has 3 aromatic rings. The maximum Gasteiger partial charge on any atom is 3.00 e. The van der Waals surface area contributed by atoms with Gasteiger partial charge < -0.3 is 15.3 Å². The standard InChI is InChI=1S/3C12H18O.La/c3*1-8(2)10-6-5-7-11(9(3)4)12(10)13;/h3*5-9,13H,1-4H3;/q;;;+3/p-3. The molecule has 0 N–H and O–H groups in total. The first-order valence-corrected chi connectivity index (χ1v) is 14.5. The summed E-state index contributed by atoms with van der Waals surface area (Å²) in [7, 11) is 0. The predicted molar refractivity (Wildman–Crippen MR) is 162 cm³/mol. The first-order valence-electron chi connectivity index (χ1n) is 14.5. The predicted octanol–water partition coefficient (Wildman–Crippen LogP) is 9.02. The molecule has 0 radical (unpaired) electrons. The third kappa shape index (κ3) is 10.9. The minimum Gasteiger partial charge on any atom is -0.872 e. The van der Waals surface area contributed by atoms with Gasteiger partial charge in [-0.05, 0) is 35.5 Å². The van der Waals surface area contributed by atoms with Crippen LogP contribution < -0.4 is 15.3 Å². The van der Waals surface area contributed by atoms with Crippen molar-refractivity contribution < 1.29 is 50.9 Å². The number of hydrogen-bond donors (Lipinski definition) is 0. The molecule has 216 valence electrons. The van der Waals surface area contributed by atoms with Crippen LogP contribution in [0.5, 0.6) is 17.2 Å². The van der Waals surface area contributed by atoms with Gasteiger partial charge in [0.05, 0.1) is 0 Å². The van der Waals surface area contributed by atoms with Crippen LogP contribution in [0.25, 0.3) is 0 Å². The van der Waals surface area contributed by atoms with E-state index in [1.165, 1.54) is 0 Å². The van der Waals surface area contributed by atoms with Crippen LogP contribution in [0.4, 0.5) is 0 Å². The van der Waals surface area contributed by atoms with Gasteiger partial charge in [-0.2, -0.15) is 0 Å². The molecule has 0 fully saturated rings. The Kier molecular flexibility index (Phi) is 17.2. The second-order valence-electron chi connectivity index (χ2n) is 12.2. The Labute approximate surface area is 273 Å². The maximum atomic E-state index is 11.9. The van der Waals surface area contributed by atoms with Gasteiger partial charge in [-0.15, -0.1) is 17.2 Å². The SMILES string of the molecule is CC(C)c1cccc(C(C)C)c1[O-].CC(C)c1cccc(C(C)C)c1[O-].CC(C)c1cccc(C(C)C)c1[O-].[La+3]. The molecule has 0 aliphatic rings. The number of rotatable bonds is 6. The first kappa shape index (κ1) is 38.3. The molecule has 0 atom stereocenters. The van der Waals surface area contributed by atoms with Crippen molar-refractivity contribution in [2.24, 2.45) is 0 Å². The van der Waals surface area contributed by atoms with Gasteiger partial charge in [0.1, 0.15) is 0 Å². The zero-order valence-electron chi connectivity index (χ0n) is 27.0. The summed E-state index contributed by atoms with van der Waals surface area (Å²) in [6, 6.07) is 17.5. The smallest absolute Gasteiger partial charge is 0.872 e. The van der Waals surface area contributed by atoms with Crippen molar-refractivity contribution in [2.75, 3.05) is 0 Å². The Morgan fingerprint density at radius 3 is 0.550 bits per heavy atom. The van der Waals surface area contributed by atoms with E-state index >= 15 is 0 Å². The van der Waals surface area contributed by atoms with E-state index in [0.29, 0.717) is 35.5 Å². The Hall–Kier alpha value is -1.75. The Bertz CT molecular complexity index is 936. The first-order chi connectivity index (χ1) is 18.1. The Balaban J connectivity index is 0.000000563. The normalized spacial score (nSPS) is 10.9. The molecule has 0 saturated carbocycles. The summed E-state index contributed by atoms with van der Waals surface area (Å²) >= 11 is 0. The topological polar surface area (TPSA) is 69.2 Å². The summed E-state index contributed by atoms with van der Waals surface area (Å²) < 4.78 is 0. The molecule has 0 bridgehead atoms. The average Bonchev–Trinajstić information content (AvgIpc) is 2.84. The van der Waals surface area contributed by atoms with Crippen LogP contribution in [0.2, 0.25) is 0 Å². The van der Waals surface area contributed by atoms with Crippen molar-refractivity contribution in [1.29, 1.82) is 0 Å². The van der Waals surface area contributed by atoms with E-state index in [1.807, 2.05) is 54.6 Å². The van der Waals surface area contributed by atoms with Crippen LogP contribution in [0.15, 0.2) is 54.6 Å². The zero-order chi connectivity index (χ0) is 30.0. The van der Waals surface area contributed by atoms with Gasteiger partial charge in [0.15, 0.2) is 0 Å². The average molecular weight is 671 g/mol. The minimum atomic E-state index is 0. The largest absolute Gasteiger partial charge is 3.00 e. The molecule has 3 rings (SSSR count). The van der Waals surface area contributed by atoms with Crippen molar-refractivity contribution in [3.63, 3.8) is 0 Å². The fraction of sp³-hybridized carbons (Fsp3) is 0.500. The van der Waals surface area contributed by atoms with E-state index < -0.39 is 0 Å². The molecule has 0 spiro atoms. The molecule has 0 aromatic heterocycles. The van der Waals surface area contributed by atoms with Gasteiger partial charge in [-0.25, -0.2) is 0 Å². The molecular formula is C36H51LaO3. The fourth-order valence-corrected chi connectivity index (χ4v) is 4.45. The summed E-state index contributed by atoms with van der Waals surface area (Å²) in [6.45, 7) is 24.7. The van der Waals surface area contributed by atoms with Gasteiger partial charge in [-0.1, -0.05) is 171 Å². The third-order valence-electron chi connectivity index (χ3n) is 6.96. The Morgan fingerprint density at radius 2 is 0.450 bits per heavy atom. The molecule has 40 heavy (non-hydrogen) atoms. The van der Waals surface area contributed by atoms with Crippen LogP contribution in [0, 0.1) is 35.6 Å². The molecule has 3 aromatic carbocycles. The maximum absolute atomic E-state index is 11.9. The van der Waals surface area contributed by atoms with E-state index in [-0.39, 0.29) is 52.8 Å².